The van der Waals surface area contributed by atoms with E-state index < -0.39 is 18.0 Å². The fourth-order valence-electron chi connectivity index (χ4n) is 5.18. The standard InChI is InChI=1S/C36H35NO5/c1-24-10-12-26(13-11-24)34(39)25(2)41-35(40)27-22-33(38)37(23-27)30-16-20-32(21-17-30)42-31-18-14-29(15-19-31)36(3,4)28-8-6-5-7-9-28/h5-21,25,27H,22-23H2,1-4H3/t25-,27-/m0/s1. The van der Waals surface area contributed by atoms with Gasteiger partial charge >= 0.3 is 5.97 Å². The summed E-state index contributed by atoms with van der Waals surface area (Å²) in [5, 5.41) is 0. The van der Waals surface area contributed by atoms with Crippen molar-refractivity contribution in [1.82, 2.24) is 0 Å². The van der Waals surface area contributed by atoms with Crippen LogP contribution in [0.5, 0.6) is 11.5 Å². The molecule has 1 fully saturated rings. The van der Waals surface area contributed by atoms with Gasteiger partial charge in [-0.1, -0.05) is 86.1 Å². The summed E-state index contributed by atoms with van der Waals surface area (Å²) >= 11 is 0. The lowest BCUT2D eigenvalue weighted by Gasteiger charge is -2.26. The van der Waals surface area contributed by atoms with Gasteiger partial charge in [-0.25, -0.2) is 0 Å². The molecule has 6 nitrogen and oxygen atoms in total. The molecule has 1 aliphatic rings. The van der Waals surface area contributed by atoms with E-state index in [2.05, 4.69) is 50.2 Å². The Morgan fingerprint density at radius 3 is 2.00 bits per heavy atom. The zero-order chi connectivity index (χ0) is 29.9. The molecule has 5 rings (SSSR count). The molecule has 0 radical (unpaired) electrons. The number of nitrogens with zero attached hydrogens (tertiary/aromatic N) is 1. The number of carbonyl (C=O) groups excluding carboxylic acids is 3. The average Bonchev–Trinajstić information content (AvgIpc) is 3.40. The van der Waals surface area contributed by atoms with Gasteiger partial charge in [0.1, 0.15) is 11.5 Å². The van der Waals surface area contributed by atoms with Crippen LogP contribution in [0.15, 0.2) is 103 Å². The molecular weight excluding hydrogens is 526 g/mol. The Labute approximate surface area is 246 Å². The first-order chi connectivity index (χ1) is 20.1. The predicted octanol–water partition coefficient (Wildman–Crippen LogP) is 7.28. The molecule has 1 amide bonds. The second-order valence-corrected chi connectivity index (χ2v) is 11.3. The largest absolute Gasteiger partial charge is 0.457 e. The fourth-order valence-corrected chi connectivity index (χ4v) is 5.18. The number of esters is 1. The number of hydrogen-bond acceptors (Lipinski definition) is 5. The van der Waals surface area contributed by atoms with Crippen LogP contribution in [0.1, 0.15) is 54.2 Å². The number of carbonyl (C=O) groups is 3. The van der Waals surface area contributed by atoms with E-state index in [4.69, 9.17) is 9.47 Å². The molecule has 0 spiro atoms. The van der Waals surface area contributed by atoms with Crippen LogP contribution < -0.4 is 9.64 Å². The van der Waals surface area contributed by atoms with Crippen LogP contribution in [-0.4, -0.2) is 30.3 Å². The highest BCUT2D eigenvalue weighted by Crippen LogP contribution is 2.34. The van der Waals surface area contributed by atoms with Crippen molar-refractivity contribution in [2.75, 3.05) is 11.4 Å². The van der Waals surface area contributed by atoms with E-state index in [1.165, 1.54) is 11.1 Å². The molecule has 0 saturated carbocycles. The molecule has 0 aliphatic carbocycles. The van der Waals surface area contributed by atoms with Gasteiger partial charge in [0.25, 0.3) is 0 Å². The maximum Gasteiger partial charge on any atom is 0.312 e. The molecule has 1 aliphatic heterocycles. The molecule has 42 heavy (non-hydrogen) atoms. The van der Waals surface area contributed by atoms with Crippen molar-refractivity contribution in [2.45, 2.75) is 45.6 Å². The van der Waals surface area contributed by atoms with Crippen molar-refractivity contribution in [2.24, 2.45) is 5.92 Å². The highest BCUT2D eigenvalue weighted by atomic mass is 16.5. The number of amides is 1. The molecule has 4 aromatic carbocycles. The number of rotatable bonds is 9. The maximum atomic E-state index is 12.8. The highest BCUT2D eigenvalue weighted by molar-refractivity contribution is 6.02. The van der Waals surface area contributed by atoms with Crippen LogP contribution in [0.3, 0.4) is 0 Å². The van der Waals surface area contributed by atoms with E-state index >= 15 is 0 Å². The van der Waals surface area contributed by atoms with E-state index in [0.29, 0.717) is 22.7 Å². The Morgan fingerprint density at radius 1 is 0.810 bits per heavy atom. The molecule has 2 atom stereocenters. The van der Waals surface area contributed by atoms with Gasteiger partial charge in [0, 0.05) is 29.6 Å². The monoisotopic (exact) mass is 561 g/mol. The van der Waals surface area contributed by atoms with E-state index in [1.54, 1.807) is 48.2 Å². The minimum Gasteiger partial charge on any atom is -0.457 e. The zero-order valence-electron chi connectivity index (χ0n) is 24.4. The number of benzene rings is 4. The SMILES string of the molecule is Cc1ccc(C(=O)[C@H](C)OC(=O)[C@H]2CC(=O)N(c3ccc(Oc4ccc(C(C)(C)c5ccccc5)cc4)cc3)C2)cc1. The molecule has 0 aromatic heterocycles. The summed E-state index contributed by atoms with van der Waals surface area (Å²) in [4.78, 5) is 39.8. The van der Waals surface area contributed by atoms with Crippen molar-refractivity contribution in [3.05, 3.63) is 125 Å². The van der Waals surface area contributed by atoms with Crippen molar-refractivity contribution in [1.29, 1.82) is 0 Å². The molecule has 0 unspecified atom stereocenters. The number of ether oxygens (including phenoxy) is 2. The first-order valence-corrected chi connectivity index (χ1v) is 14.2. The molecule has 6 heteroatoms. The quantitative estimate of drug-likeness (QED) is 0.159. The summed E-state index contributed by atoms with van der Waals surface area (Å²) in [7, 11) is 0. The maximum absolute atomic E-state index is 12.8. The third kappa shape index (κ3) is 6.28. The van der Waals surface area contributed by atoms with Gasteiger partial charge < -0.3 is 14.4 Å². The van der Waals surface area contributed by atoms with Gasteiger partial charge in [0.05, 0.1) is 5.92 Å². The van der Waals surface area contributed by atoms with Crippen LogP contribution in [0, 0.1) is 12.8 Å². The Hall–Kier alpha value is -4.71. The van der Waals surface area contributed by atoms with Crippen molar-refractivity contribution < 1.29 is 23.9 Å². The van der Waals surface area contributed by atoms with E-state index in [0.717, 1.165) is 5.56 Å². The Balaban J connectivity index is 1.17. The normalized spacial score (nSPS) is 15.8. The van der Waals surface area contributed by atoms with Gasteiger partial charge in [0.2, 0.25) is 11.7 Å². The van der Waals surface area contributed by atoms with E-state index in [-0.39, 0.29) is 30.1 Å². The third-order valence-corrected chi connectivity index (χ3v) is 7.91. The van der Waals surface area contributed by atoms with Crippen LogP contribution in [0.4, 0.5) is 5.69 Å². The lowest BCUT2D eigenvalue weighted by atomic mass is 9.78. The molecule has 0 bridgehead atoms. The van der Waals surface area contributed by atoms with Crippen molar-refractivity contribution in [3.63, 3.8) is 0 Å². The lowest BCUT2D eigenvalue weighted by Crippen LogP contribution is -2.30. The first-order valence-electron chi connectivity index (χ1n) is 14.2. The van der Waals surface area contributed by atoms with Crippen LogP contribution in [0.25, 0.3) is 0 Å². The van der Waals surface area contributed by atoms with Crippen molar-refractivity contribution in [3.8, 4) is 11.5 Å². The minimum absolute atomic E-state index is 0.0359. The molecule has 4 aromatic rings. The Bertz CT molecular complexity index is 1560. The summed E-state index contributed by atoms with van der Waals surface area (Å²) in [6.07, 6.45) is -0.895. The van der Waals surface area contributed by atoms with Crippen LogP contribution >= 0.6 is 0 Å². The average molecular weight is 562 g/mol. The smallest absolute Gasteiger partial charge is 0.312 e. The Morgan fingerprint density at radius 2 is 1.38 bits per heavy atom. The van der Waals surface area contributed by atoms with Gasteiger partial charge in [-0.05, 0) is 61.4 Å². The zero-order valence-corrected chi connectivity index (χ0v) is 24.4. The summed E-state index contributed by atoms with van der Waals surface area (Å²) in [5.41, 5.74) is 4.49. The number of ketones is 1. The lowest BCUT2D eigenvalue weighted by molar-refractivity contribution is -0.151. The van der Waals surface area contributed by atoms with Crippen LogP contribution in [0.2, 0.25) is 0 Å². The Kier molecular flexibility index (Phi) is 8.25. The molecular formula is C36H35NO5. The topological polar surface area (TPSA) is 72.9 Å². The van der Waals surface area contributed by atoms with Gasteiger partial charge in [-0.2, -0.15) is 0 Å². The summed E-state index contributed by atoms with van der Waals surface area (Å²) < 4.78 is 11.5. The number of hydrogen-bond donors (Lipinski definition) is 0. The van der Waals surface area contributed by atoms with E-state index in [1.807, 2.05) is 37.3 Å². The second kappa shape index (κ2) is 12.0. The second-order valence-electron chi connectivity index (χ2n) is 11.3. The molecule has 1 heterocycles. The highest BCUT2D eigenvalue weighted by Gasteiger charge is 2.37. The van der Waals surface area contributed by atoms with Gasteiger partial charge in [-0.3, -0.25) is 14.4 Å². The predicted molar refractivity (Wildman–Crippen MR) is 163 cm³/mol. The van der Waals surface area contributed by atoms with Gasteiger partial charge in [0.15, 0.2) is 6.10 Å². The van der Waals surface area contributed by atoms with Crippen LogP contribution in [-0.2, 0) is 19.7 Å². The van der Waals surface area contributed by atoms with Crippen molar-refractivity contribution >= 4 is 23.3 Å². The number of aryl methyl sites for hydroxylation is 1. The third-order valence-electron chi connectivity index (χ3n) is 7.91. The summed E-state index contributed by atoms with van der Waals surface area (Å²) in [5.74, 6) is -0.267. The number of anilines is 1. The minimum atomic E-state index is -0.931. The summed E-state index contributed by atoms with van der Waals surface area (Å²) in [6, 6.07) is 32.8. The number of Topliss-reactive ketones (excluding diaryl/α,β-unsaturated/α-hetero) is 1. The molecule has 0 N–H and O–H groups in total. The van der Waals surface area contributed by atoms with E-state index in [9.17, 15) is 14.4 Å². The molecule has 1 saturated heterocycles. The molecule has 214 valence electrons. The fraction of sp³-hybridized carbons (Fsp3) is 0.250. The van der Waals surface area contributed by atoms with Gasteiger partial charge in [-0.15, -0.1) is 0 Å². The summed E-state index contributed by atoms with van der Waals surface area (Å²) in [6.45, 7) is 8.10. The first kappa shape index (κ1) is 28.8.